The third kappa shape index (κ3) is 3.03. The Morgan fingerprint density at radius 2 is 2.20 bits per heavy atom. The highest BCUT2D eigenvalue weighted by atomic mass is 16.1. The number of H-pyrrole nitrogens is 1. The van der Waals surface area contributed by atoms with Crippen molar-refractivity contribution in [2.45, 2.75) is 45.1 Å². The van der Waals surface area contributed by atoms with Crippen LogP contribution in [0.25, 0.3) is 10.9 Å². The molecule has 2 aromatic rings. The first-order valence-corrected chi connectivity index (χ1v) is 7.58. The monoisotopic (exact) mass is 270 g/mol. The summed E-state index contributed by atoms with van der Waals surface area (Å²) in [6.45, 7) is 2.12. The summed E-state index contributed by atoms with van der Waals surface area (Å²) >= 11 is 0. The minimum Gasteiger partial charge on any atom is -0.361 e. The van der Waals surface area contributed by atoms with Crippen LogP contribution in [0.4, 0.5) is 0 Å². The highest BCUT2D eigenvalue weighted by Gasteiger charge is 2.28. The highest BCUT2D eigenvalue weighted by molar-refractivity contribution is 5.83. The van der Waals surface area contributed by atoms with Crippen LogP contribution >= 0.6 is 0 Å². The van der Waals surface area contributed by atoms with Gasteiger partial charge in [0.15, 0.2) is 0 Å². The van der Waals surface area contributed by atoms with Gasteiger partial charge >= 0.3 is 0 Å². The lowest BCUT2D eigenvalue weighted by Gasteiger charge is -2.12. The van der Waals surface area contributed by atoms with E-state index in [9.17, 15) is 4.79 Å². The normalized spacial score (nSPS) is 16.2. The fourth-order valence-electron chi connectivity index (χ4n) is 2.82. The maximum Gasteiger partial charge on any atom is 0.220 e. The summed E-state index contributed by atoms with van der Waals surface area (Å²) in [7, 11) is 0. The maximum atomic E-state index is 11.9. The number of hydrogen-bond acceptors (Lipinski definition) is 1. The Bertz CT molecular complexity index is 598. The van der Waals surface area contributed by atoms with Gasteiger partial charge in [-0.15, -0.1) is 0 Å². The number of aromatic amines is 1. The van der Waals surface area contributed by atoms with Crippen molar-refractivity contribution < 1.29 is 4.79 Å². The van der Waals surface area contributed by atoms with E-state index in [0.717, 1.165) is 18.8 Å². The average molecular weight is 270 g/mol. The summed E-state index contributed by atoms with van der Waals surface area (Å²) < 4.78 is 0. The first-order chi connectivity index (χ1) is 9.74. The van der Waals surface area contributed by atoms with Crippen molar-refractivity contribution in [2.75, 3.05) is 0 Å². The molecule has 1 aromatic carbocycles. The molecule has 3 heteroatoms. The number of hydrogen-bond donors (Lipinski definition) is 2. The van der Waals surface area contributed by atoms with Crippen LogP contribution in [0.2, 0.25) is 0 Å². The first kappa shape index (κ1) is 13.2. The summed E-state index contributed by atoms with van der Waals surface area (Å²) in [6.07, 6.45) is 7.10. The topological polar surface area (TPSA) is 44.9 Å². The van der Waals surface area contributed by atoms with Gasteiger partial charge in [0, 0.05) is 29.6 Å². The van der Waals surface area contributed by atoms with Gasteiger partial charge < -0.3 is 10.3 Å². The predicted octanol–water partition coefficient (Wildman–Crippen LogP) is 3.41. The Morgan fingerprint density at radius 3 is 3.00 bits per heavy atom. The quantitative estimate of drug-likeness (QED) is 0.830. The molecule has 1 aromatic heterocycles. The van der Waals surface area contributed by atoms with Crippen LogP contribution < -0.4 is 5.32 Å². The second kappa shape index (κ2) is 5.70. The minimum absolute atomic E-state index is 0.198. The molecule has 1 aliphatic carbocycles. The van der Waals surface area contributed by atoms with Gasteiger partial charge in [-0.3, -0.25) is 4.79 Å². The Balaban J connectivity index is 1.48. The van der Waals surface area contributed by atoms with Gasteiger partial charge in [0.1, 0.15) is 0 Å². The van der Waals surface area contributed by atoms with Gasteiger partial charge in [-0.05, 0) is 50.2 Å². The number of benzene rings is 1. The smallest absolute Gasteiger partial charge is 0.220 e. The third-order valence-electron chi connectivity index (χ3n) is 4.24. The molecule has 1 aliphatic rings. The Kier molecular flexibility index (Phi) is 3.77. The van der Waals surface area contributed by atoms with Crippen LogP contribution in [-0.4, -0.2) is 16.9 Å². The number of amides is 1. The lowest BCUT2D eigenvalue weighted by molar-refractivity contribution is -0.121. The molecule has 0 bridgehead atoms. The van der Waals surface area contributed by atoms with Gasteiger partial charge in [0.2, 0.25) is 5.91 Å². The number of nitrogens with one attached hydrogen (secondary N) is 2. The standard InChI is InChI=1S/C17H22N2O/c1-12(13-9-10-13)19-17(20)8-4-5-14-11-18-16-7-3-2-6-15(14)16/h2-3,6-7,11-13,18H,4-5,8-10H2,1H3,(H,19,20). The number of carbonyl (C=O) groups excluding carboxylic acids is 1. The maximum absolute atomic E-state index is 11.9. The molecule has 20 heavy (non-hydrogen) atoms. The summed E-state index contributed by atoms with van der Waals surface area (Å²) in [5.74, 6) is 0.928. The molecule has 3 nitrogen and oxygen atoms in total. The molecule has 1 atom stereocenters. The number of aryl methyl sites for hydroxylation is 1. The zero-order valence-corrected chi connectivity index (χ0v) is 12.0. The van der Waals surface area contributed by atoms with Crippen LogP contribution in [0.3, 0.4) is 0 Å². The van der Waals surface area contributed by atoms with E-state index in [1.165, 1.54) is 29.3 Å². The molecule has 1 fully saturated rings. The van der Waals surface area contributed by atoms with Crippen molar-refractivity contribution in [1.29, 1.82) is 0 Å². The molecule has 1 saturated carbocycles. The van der Waals surface area contributed by atoms with E-state index < -0.39 is 0 Å². The Morgan fingerprint density at radius 1 is 1.40 bits per heavy atom. The van der Waals surface area contributed by atoms with E-state index >= 15 is 0 Å². The fraction of sp³-hybridized carbons (Fsp3) is 0.471. The van der Waals surface area contributed by atoms with Gasteiger partial charge in [-0.1, -0.05) is 18.2 Å². The minimum atomic E-state index is 0.198. The molecular formula is C17H22N2O. The number of aromatic nitrogens is 1. The van der Waals surface area contributed by atoms with E-state index in [4.69, 9.17) is 0 Å². The predicted molar refractivity (Wildman–Crippen MR) is 81.6 cm³/mol. The lowest BCUT2D eigenvalue weighted by atomic mass is 10.1. The summed E-state index contributed by atoms with van der Waals surface area (Å²) in [4.78, 5) is 15.1. The average Bonchev–Trinajstić information content (AvgIpc) is 3.22. The molecule has 0 saturated heterocycles. The fourth-order valence-corrected chi connectivity index (χ4v) is 2.82. The zero-order chi connectivity index (χ0) is 13.9. The largest absolute Gasteiger partial charge is 0.361 e. The highest BCUT2D eigenvalue weighted by Crippen LogP contribution is 2.32. The van der Waals surface area contributed by atoms with Crippen molar-refractivity contribution in [3.63, 3.8) is 0 Å². The number of fused-ring (bicyclic) bond motifs is 1. The summed E-state index contributed by atoms with van der Waals surface area (Å²) in [6, 6.07) is 8.67. The van der Waals surface area contributed by atoms with Crippen LogP contribution in [0.5, 0.6) is 0 Å². The van der Waals surface area contributed by atoms with Crippen molar-refractivity contribution >= 4 is 16.8 Å². The van der Waals surface area contributed by atoms with Crippen LogP contribution in [-0.2, 0) is 11.2 Å². The van der Waals surface area contributed by atoms with E-state index in [2.05, 4.69) is 41.6 Å². The third-order valence-corrected chi connectivity index (χ3v) is 4.24. The Labute approximate surface area is 119 Å². The van der Waals surface area contributed by atoms with Crippen LogP contribution in [0.15, 0.2) is 30.5 Å². The second-order valence-electron chi connectivity index (χ2n) is 5.91. The SMILES string of the molecule is CC(NC(=O)CCCc1c[nH]c2ccccc12)C1CC1. The number of para-hydroxylation sites is 1. The molecule has 1 unspecified atom stereocenters. The summed E-state index contributed by atoms with van der Waals surface area (Å²) in [5.41, 5.74) is 2.48. The van der Waals surface area contributed by atoms with Gasteiger partial charge in [-0.25, -0.2) is 0 Å². The molecule has 106 valence electrons. The van der Waals surface area contributed by atoms with Crippen molar-refractivity contribution in [3.8, 4) is 0 Å². The molecule has 3 rings (SSSR count). The van der Waals surface area contributed by atoms with Gasteiger partial charge in [-0.2, -0.15) is 0 Å². The number of carbonyl (C=O) groups is 1. The molecule has 0 aliphatic heterocycles. The summed E-state index contributed by atoms with van der Waals surface area (Å²) in [5, 5.41) is 4.39. The molecular weight excluding hydrogens is 248 g/mol. The lowest BCUT2D eigenvalue weighted by Crippen LogP contribution is -2.33. The molecule has 0 spiro atoms. The van der Waals surface area contributed by atoms with Crippen molar-refractivity contribution in [1.82, 2.24) is 10.3 Å². The van der Waals surface area contributed by atoms with E-state index in [1.54, 1.807) is 0 Å². The second-order valence-corrected chi connectivity index (χ2v) is 5.91. The van der Waals surface area contributed by atoms with Crippen LogP contribution in [0, 0.1) is 5.92 Å². The molecule has 0 radical (unpaired) electrons. The van der Waals surface area contributed by atoms with E-state index in [-0.39, 0.29) is 5.91 Å². The van der Waals surface area contributed by atoms with Crippen molar-refractivity contribution in [3.05, 3.63) is 36.0 Å². The Hall–Kier alpha value is -1.77. The number of rotatable bonds is 6. The molecule has 1 heterocycles. The molecule has 2 N–H and O–H groups in total. The van der Waals surface area contributed by atoms with Crippen molar-refractivity contribution in [2.24, 2.45) is 5.92 Å². The molecule has 1 amide bonds. The first-order valence-electron chi connectivity index (χ1n) is 7.58. The van der Waals surface area contributed by atoms with Gasteiger partial charge in [0.05, 0.1) is 0 Å². The van der Waals surface area contributed by atoms with E-state index in [0.29, 0.717) is 12.5 Å². The zero-order valence-electron chi connectivity index (χ0n) is 12.0. The van der Waals surface area contributed by atoms with Gasteiger partial charge in [0.25, 0.3) is 0 Å². The van der Waals surface area contributed by atoms with Crippen LogP contribution in [0.1, 0.15) is 38.2 Å². The van der Waals surface area contributed by atoms with E-state index in [1.807, 2.05) is 6.07 Å².